The Kier molecular flexibility index (Phi) is 2.45. The number of nitrogen functional groups attached to an aromatic ring is 1. The lowest BCUT2D eigenvalue weighted by atomic mass is 10.2. The number of nitrogens with zero attached hydrogens (tertiary/aromatic N) is 3. The lowest BCUT2D eigenvalue weighted by Crippen LogP contribution is -2.48. The average Bonchev–Trinajstić information content (AvgIpc) is 2.22. The van der Waals surface area contributed by atoms with Crippen LogP contribution in [0, 0.1) is 0 Å². The third kappa shape index (κ3) is 2.01. The molecule has 1 aliphatic rings. The summed E-state index contributed by atoms with van der Waals surface area (Å²) in [5, 5.41) is 0. The summed E-state index contributed by atoms with van der Waals surface area (Å²) in [5.74, 6) is 0.621. The molecule has 0 atom stereocenters. The Hall–Kier alpha value is -1.78. The highest BCUT2D eigenvalue weighted by molar-refractivity contribution is 5.82. The van der Waals surface area contributed by atoms with Crippen molar-refractivity contribution in [3.8, 4) is 0 Å². The van der Waals surface area contributed by atoms with Crippen molar-refractivity contribution in [3.63, 3.8) is 0 Å². The second-order valence-electron chi connectivity index (χ2n) is 3.68. The number of amides is 1. The van der Waals surface area contributed by atoms with Gasteiger partial charge in [0.05, 0.1) is 6.54 Å². The number of carbonyl (C=O) groups is 1. The molecule has 5 heteroatoms. The largest absolute Gasteiger partial charge is 0.384 e. The summed E-state index contributed by atoms with van der Waals surface area (Å²) in [6, 6.07) is 3.66. The number of pyridine rings is 1. The standard InChI is InChI=1S/C10H14N4O/c1-13-4-5-14(7-10(13)15)8-2-3-12-9(11)6-8/h2-3,6H,4-5,7H2,1H3,(H2,11,12). The predicted molar refractivity (Wildman–Crippen MR) is 58.5 cm³/mol. The Bertz CT molecular complexity index is 379. The summed E-state index contributed by atoms with van der Waals surface area (Å²) >= 11 is 0. The number of carbonyl (C=O) groups excluding carboxylic acids is 1. The van der Waals surface area contributed by atoms with Gasteiger partial charge in [-0.1, -0.05) is 0 Å². The molecule has 1 aromatic rings. The Morgan fingerprint density at radius 1 is 1.47 bits per heavy atom. The van der Waals surface area contributed by atoms with Crippen LogP contribution < -0.4 is 10.6 Å². The van der Waals surface area contributed by atoms with Gasteiger partial charge in [-0.3, -0.25) is 4.79 Å². The Morgan fingerprint density at radius 2 is 2.27 bits per heavy atom. The lowest BCUT2D eigenvalue weighted by Gasteiger charge is -2.33. The molecule has 0 unspecified atom stereocenters. The normalized spacial score (nSPS) is 17.0. The summed E-state index contributed by atoms with van der Waals surface area (Å²) in [5.41, 5.74) is 6.56. The van der Waals surface area contributed by atoms with Crippen LogP contribution in [-0.4, -0.2) is 42.5 Å². The molecule has 0 aliphatic carbocycles. The summed E-state index contributed by atoms with van der Waals surface area (Å²) in [7, 11) is 1.82. The average molecular weight is 206 g/mol. The lowest BCUT2D eigenvalue weighted by molar-refractivity contribution is -0.129. The number of likely N-dealkylation sites (N-methyl/N-ethyl adjacent to an activating group) is 1. The van der Waals surface area contributed by atoms with E-state index in [1.54, 1.807) is 17.2 Å². The molecule has 0 bridgehead atoms. The van der Waals surface area contributed by atoms with Gasteiger partial charge in [-0.05, 0) is 6.07 Å². The van der Waals surface area contributed by atoms with Gasteiger partial charge in [0.2, 0.25) is 5.91 Å². The minimum absolute atomic E-state index is 0.136. The maximum absolute atomic E-state index is 11.5. The second kappa shape index (κ2) is 3.76. The molecule has 2 heterocycles. The fourth-order valence-corrected chi connectivity index (χ4v) is 1.61. The topological polar surface area (TPSA) is 62.5 Å². The Morgan fingerprint density at radius 3 is 2.93 bits per heavy atom. The number of aromatic nitrogens is 1. The second-order valence-corrected chi connectivity index (χ2v) is 3.68. The molecule has 15 heavy (non-hydrogen) atoms. The highest BCUT2D eigenvalue weighted by Gasteiger charge is 2.20. The zero-order valence-corrected chi connectivity index (χ0v) is 8.68. The third-order valence-electron chi connectivity index (χ3n) is 2.59. The maximum atomic E-state index is 11.5. The van der Waals surface area contributed by atoms with Gasteiger partial charge in [-0.15, -0.1) is 0 Å². The molecule has 0 saturated carbocycles. The van der Waals surface area contributed by atoms with Gasteiger partial charge in [-0.25, -0.2) is 4.98 Å². The summed E-state index contributed by atoms with van der Waals surface area (Å²) < 4.78 is 0. The molecular formula is C10H14N4O. The van der Waals surface area contributed by atoms with Gasteiger partial charge in [0.15, 0.2) is 0 Å². The number of hydrogen-bond acceptors (Lipinski definition) is 4. The van der Waals surface area contributed by atoms with Crippen molar-refractivity contribution in [1.82, 2.24) is 9.88 Å². The van der Waals surface area contributed by atoms with Crippen LogP contribution in [0.4, 0.5) is 11.5 Å². The monoisotopic (exact) mass is 206 g/mol. The summed E-state index contributed by atoms with van der Waals surface area (Å²) in [6.07, 6.45) is 1.66. The highest BCUT2D eigenvalue weighted by atomic mass is 16.2. The minimum Gasteiger partial charge on any atom is -0.384 e. The predicted octanol–water partition coefficient (Wildman–Crippen LogP) is -0.0578. The molecule has 1 aromatic heterocycles. The SMILES string of the molecule is CN1CCN(c2ccnc(N)c2)CC1=O. The van der Waals surface area contributed by atoms with E-state index in [1.165, 1.54) is 0 Å². The van der Waals surface area contributed by atoms with Crippen molar-refractivity contribution in [2.45, 2.75) is 0 Å². The van der Waals surface area contributed by atoms with Crippen molar-refractivity contribution in [1.29, 1.82) is 0 Å². The van der Waals surface area contributed by atoms with Crippen molar-refractivity contribution >= 4 is 17.4 Å². The van der Waals surface area contributed by atoms with E-state index in [0.29, 0.717) is 12.4 Å². The van der Waals surface area contributed by atoms with E-state index in [4.69, 9.17) is 5.73 Å². The summed E-state index contributed by atoms with van der Waals surface area (Å²) in [4.78, 5) is 19.2. The van der Waals surface area contributed by atoms with Crippen LogP contribution in [0.5, 0.6) is 0 Å². The minimum atomic E-state index is 0.136. The fraction of sp³-hybridized carbons (Fsp3) is 0.400. The van der Waals surface area contributed by atoms with Crippen LogP contribution >= 0.6 is 0 Å². The van der Waals surface area contributed by atoms with Crippen molar-refractivity contribution in [2.75, 3.05) is 37.3 Å². The first-order chi connectivity index (χ1) is 7.16. The number of nitrogens with two attached hydrogens (primary N) is 1. The molecule has 0 aromatic carbocycles. The molecule has 1 aliphatic heterocycles. The molecule has 80 valence electrons. The van der Waals surface area contributed by atoms with Gasteiger partial charge < -0.3 is 15.5 Å². The molecule has 1 amide bonds. The quantitative estimate of drug-likeness (QED) is 0.699. The van der Waals surface area contributed by atoms with E-state index >= 15 is 0 Å². The van der Waals surface area contributed by atoms with E-state index in [2.05, 4.69) is 4.98 Å². The zero-order chi connectivity index (χ0) is 10.8. The van der Waals surface area contributed by atoms with E-state index in [-0.39, 0.29) is 5.91 Å². The van der Waals surface area contributed by atoms with Crippen LogP contribution in [0.1, 0.15) is 0 Å². The van der Waals surface area contributed by atoms with E-state index in [1.807, 2.05) is 18.0 Å². The first-order valence-electron chi connectivity index (χ1n) is 4.87. The van der Waals surface area contributed by atoms with E-state index in [0.717, 1.165) is 18.8 Å². The molecule has 1 saturated heterocycles. The van der Waals surface area contributed by atoms with Gasteiger partial charge in [0, 0.05) is 38.1 Å². The van der Waals surface area contributed by atoms with Gasteiger partial charge >= 0.3 is 0 Å². The van der Waals surface area contributed by atoms with Gasteiger partial charge in [0.1, 0.15) is 5.82 Å². The maximum Gasteiger partial charge on any atom is 0.241 e. The molecule has 2 N–H and O–H groups in total. The first-order valence-corrected chi connectivity index (χ1v) is 4.87. The van der Waals surface area contributed by atoms with Crippen molar-refractivity contribution < 1.29 is 4.79 Å². The van der Waals surface area contributed by atoms with E-state index < -0.39 is 0 Å². The Balaban J connectivity index is 2.15. The van der Waals surface area contributed by atoms with Gasteiger partial charge in [0.25, 0.3) is 0 Å². The third-order valence-corrected chi connectivity index (χ3v) is 2.59. The molecule has 0 radical (unpaired) electrons. The zero-order valence-electron chi connectivity index (χ0n) is 8.68. The van der Waals surface area contributed by atoms with Crippen molar-refractivity contribution in [2.24, 2.45) is 0 Å². The first kappa shape index (κ1) is 9.76. The molecule has 0 spiro atoms. The highest BCUT2D eigenvalue weighted by Crippen LogP contribution is 2.17. The molecular weight excluding hydrogens is 192 g/mol. The number of rotatable bonds is 1. The van der Waals surface area contributed by atoms with E-state index in [9.17, 15) is 4.79 Å². The smallest absolute Gasteiger partial charge is 0.241 e. The number of piperazine rings is 1. The molecule has 5 nitrogen and oxygen atoms in total. The van der Waals surface area contributed by atoms with Crippen molar-refractivity contribution in [3.05, 3.63) is 18.3 Å². The van der Waals surface area contributed by atoms with Crippen LogP contribution in [-0.2, 0) is 4.79 Å². The number of hydrogen-bond donors (Lipinski definition) is 1. The van der Waals surface area contributed by atoms with Crippen LogP contribution in [0.3, 0.4) is 0 Å². The fourth-order valence-electron chi connectivity index (χ4n) is 1.61. The number of anilines is 2. The summed E-state index contributed by atoms with van der Waals surface area (Å²) in [6.45, 7) is 2.01. The molecule has 1 fully saturated rings. The Labute approximate surface area is 88.5 Å². The molecule has 2 rings (SSSR count). The van der Waals surface area contributed by atoms with Crippen LogP contribution in [0.15, 0.2) is 18.3 Å². The van der Waals surface area contributed by atoms with Crippen LogP contribution in [0.2, 0.25) is 0 Å². The van der Waals surface area contributed by atoms with Gasteiger partial charge in [-0.2, -0.15) is 0 Å². The van der Waals surface area contributed by atoms with Crippen LogP contribution in [0.25, 0.3) is 0 Å².